The molecule has 136 valence electrons. The molecule has 3 aromatic carbocycles. The van der Waals surface area contributed by atoms with E-state index in [2.05, 4.69) is 10.6 Å². The number of rotatable bonds is 7. The number of carbonyl (C=O) groups is 2. The van der Waals surface area contributed by atoms with Crippen molar-refractivity contribution in [3.63, 3.8) is 0 Å². The largest absolute Gasteiger partial charge is 0.484 e. The van der Waals surface area contributed by atoms with Gasteiger partial charge < -0.3 is 15.4 Å². The minimum Gasteiger partial charge on any atom is -0.484 e. The molecule has 0 atom stereocenters. The minimum atomic E-state index is -0.223. The summed E-state index contributed by atoms with van der Waals surface area (Å²) >= 11 is 0. The molecular weight excluding hydrogens is 340 g/mol. The van der Waals surface area contributed by atoms with Crippen molar-refractivity contribution in [1.82, 2.24) is 0 Å². The number of anilines is 3. The zero-order valence-corrected chi connectivity index (χ0v) is 14.9. The summed E-state index contributed by atoms with van der Waals surface area (Å²) in [5, 5.41) is 6.04. The fourth-order valence-electron chi connectivity index (χ4n) is 2.45. The lowest BCUT2D eigenvalue weighted by Crippen LogP contribution is -2.20. The van der Waals surface area contributed by atoms with Gasteiger partial charge in [-0.3, -0.25) is 9.59 Å². The average Bonchev–Trinajstić information content (AvgIpc) is 2.69. The van der Waals surface area contributed by atoms with E-state index >= 15 is 0 Å². The van der Waals surface area contributed by atoms with E-state index in [1.54, 1.807) is 31.2 Å². The van der Waals surface area contributed by atoms with Crippen molar-refractivity contribution in [3.8, 4) is 5.75 Å². The van der Waals surface area contributed by atoms with E-state index in [4.69, 9.17) is 4.74 Å². The Morgan fingerprint density at radius 2 is 1.33 bits per heavy atom. The predicted octanol–water partition coefficient (Wildman–Crippen LogP) is 4.65. The topological polar surface area (TPSA) is 67.4 Å². The van der Waals surface area contributed by atoms with E-state index in [9.17, 15) is 9.59 Å². The van der Waals surface area contributed by atoms with E-state index in [-0.39, 0.29) is 18.3 Å². The predicted molar refractivity (Wildman–Crippen MR) is 107 cm³/mol. The highest BCUT2D eigenvalue weighted by molar-refractivity contribution is 5.94. The third kappa shape index (κ3) is 5.44. The molecule has 5 nitrogen and oxygen atoms in total. The number of benzene rings is 3. The molecule has 0 radical (unpaired) electrons. The van der Waals surface area contributed by atoms with Gasteiger partial charge in [-0.25, -0.2) is 0 Å². The molecule has 0 saturated carbocycles. The van der Waals surface area contributed by atoms with Gasteiger partial charge in [-0.15, -0.1) is 0 Å². The van der Waals surface area contributed by atoms with E-state index in [1.807, 2.05) is 54.6 Å². The molecule has 0 saturated heterocycles. The van der Waals surface area contributed by atoms with E-state index < -0.39 is 0 Å². The summed E-state index contributed by atoms with van der Waals surface area (Å²) in [6.07, 6.45) is 0. The first kappa shape index (κ1) is 18.2. The third-order valence-corrected chi connectivity index (χ3v) is 3.86. The number of carbonyl (C=O) groups excluding carboxylic acids is 2. The summed E-state index contributed by atoms with van der Waals surface area (Å²) in [5.41, 5.74) is 3.13. The fraction of sp³-hybridized carbons (Fsp3) is 0.0909. The summed E-state index contributed by atoms with van der Waals surface area (Å²) in [6.45, 7) is 1.49. The highest BCUT2D eigenvalue weighted by Gasteiger charge is 2.04. The molecule has 0 aliphatic heterocycles. The Morgan fingerprint density at radius 3 is 1.93 bits per heavy atom. The molecule has 0 spiro atoms. The molecule has 0 aromatic heterocycles. The highest BCUT2D eigenvalue weighted by Crippen LogP contribution is 2.19. The minimum absolute atomic E-state index is 0.0397. The van der Waals surface area contributed by atoms with E-state index in [1.165, 1.54) is 0 Å². The number of ether oxygens (including phenoxy) is 1. The molecule has 0 unspecified atom stereocenters. The van der Waals surface area contributed by atoms with Crippen molar-refractivity contribution in [2.75, 3.05) is 17.2 Å². The number of Topliss-reactive ketones (excluding diaryl/α,β-unsaturated/α-hetero) is 1. The Kier molecular flexibility index (Phi) is 5.84. The lowest BCUT2D eigenvalue weighted by Gasteiger charge is -2.10. The Bertz CT molecular complexity index is 905. The van der Waals surface area contributed by atoms with Gasteiger partial charge in [0.15, 0.2) is 12.4 Å². The maximum absolute atomic E-state index is 12.0. The van der Waals surface area contributed by atoms with Crippen LogP contribution in [0, 0.1) is 0 Å². The molecule has 0 bridgehead atoms. The highest BCUT2D eigenvalue weighted by atomic mass is 16.5. The first-order valence-electron chi connectivity index (χ1n) is 8.56. The van der Waals surface area contributed by atoms with Crippen LogP contribution in [0.4, 0.5) is 17.1 Å². The third-order valence-electron chi connectivity index (χ3n) is 3.86. The molecular formula is C22H20N2O3. The number of para-hydroxylation sites is 1. The van der Waals surface area contributed by atoms with Crippen LogP contribution in [0.2, 0.25) is 0 Å². The Hall–Kier alpha value is -3.60. The van der Waals surface area contributed by atoms with Crippen molar-refractivity contribution in [2.45, 2.75) is 6.92 Å². The van der Waals surface area contributed by atoms with Gasteiger partial charge in [-0.1, -0.05) is 18.2 Å². The summed E-state index contributed by atoms with van der Waals surface area (Å²) < 4.78 is 5.42. The molecule has 1 amide bonds. The quantitative estimate of drug-likeness (QED) is 0.602. The number of amides is 1. The molecule has 5 heteroatoms. The van der Waals surface area contributed by atoms with Crippen molar-refractivity contribution in [3.05, 3.63) is 84.4 Å². The lowest BCUT2D eigenvalue weighted by atomic mass is 10.1. The maximum atomic E-state index is 12.0. The monoisotopic (exact) mass is 360 g/mol. The van der Waals surface area contributed by atoms with Crippen LogP contribution in [0.1, 0.15) is 17.3 Å². The van der Waals surface area contributed by atoms with Crippen LogP contribution in [-0.2, 0) is 4.79 Å². The molecule has 3 rings (SSSR count). The first-order chi connectivity index (χ1) is 13.1. The molecule has 3 aromatic rings. The van der Waals surface area contributed by atoms with Gasteiger partial charge in [0.25, 0.3) is 5.91 Å². The molecule has 0 fully saturated rings. The van der Waals surface area contributed by atoms with Crippen LogP contribution in [0.25, 0.3) is 0 Å². The number of ketones is 1. The SMILES string of the molecule is CC(=O)c1ccc(Nc2ccc(NC(=O)COc3ccccc3)cc2)cc1. The second kappa shape index (κ2) is 8.67. The van der Waals surface area contributed by atoms with Crippen molar-refractivity contribution in [1.29, 1.82) is 0 Å². The van der Waals surface area contributed by atoms with Crippen molar-refractivity contribution >= 4 is 28.8 Å². The first-order valence-corrected chi connectivity index (χ1v) is 8.56. The molecule has 27 heavy (non-hydrogen) atoms. The molecule has 0 heterocycles. The standard InChI is InChI=1S/C22H20N2O3/c1-16(25)17-7-9-18(10-8-17)23-19-11-13-20(14-12-19)24-22(26)15-27-21-5-3-2-4-6-21/h2-14,23H,15H2,1H3,(H,24,26). The summed E-state index contributed by atoms with van der Waals surface area (Å²) in [7, 11) is 0. The second-order valence-corrected chi connectivity index (χ2v) is 5.99. The van der Waals surface area contributed by atoms with Crippen molar-refractivity contribution < 1.29 is 14.3 Å². The van der Waals surface area contributed by atoms with Gasteiger partial charge in [0.2, 0.25) is 0 Å². The summed E-state index contributed by atoms with van der Waals surface area (Å²) in [4.78, 5) is 23.3. The van der Waals surface area contributed by atoms with Crippen LogP contribution < -0.4 is 15.4 Å². The van der Waals surface area contributed by atoms with Crippen molar-refractivity contribution in [2.24, 2.45) is 0 Å². The van der Waals surface area contributed by atoms with E-state index in [0.29, 0.717) is 17.0 Å². The van der Waals surface area contributed by atoms with Gasteiger partial charge >= 0.3 is 0 Å². The van der Waals surface area contributed by atoms with Gasteiger partial charge in [-0.05, 0) is 67.6 Å². The summed E-state index contributed by atoms with van der Waals surface area (Å²) in [6, 6.07) is 23.8. The van der Waals surface area contributed by atoms with Crippen LogP contribution in [-0.4, -0.2) is 18.3 Å². The zero-order chi connectivity index (χ0) is 19.1. The van der Waals surface area contributed by atoms with Crippen LogP contribution in [0.15, 0.2) is 78.9 Å². The lowest BCUT2D eigenvalue weighted by molar-refractivity contribution is -0.118. The van der Waals surface area contributed by atoms with E-state index in [0.717, 1.165) is 11.4 Å². The Labute approximate surface area is 158 Å². The number of hydrogen-bond donors (Lipinski definition) is 2. The zero-order valence-electron chi connectivity index (χ0n) is 14.9. The number of hydrogen-bond acceptors (Lipinski definition) is 4. The van der Waals surface area contributed by atoms with Gasteiger partial charge in [0.05, 0.1) is 0 Å². The molecule has 2 N–H and O–H groups in total. The Balaban J connectivity index is 1.52. The van der Waals surface area contributed by atoms with Crippen LogP contribution in [0.3, 0.4) is 0 Å². The summed E-state index contributed by atoms with van der Waals surface area (Å²) in [5.74, 6) is 0.472. The second-order valence-electron chi connectivity index (χ2n) is 5.99. The number of nitrogens with one attached hydrogen (secondary N) is 2. The maximum Gasteiger partial charge on any atom is 0.262 e. The fourth-order valence-corrected chi connectivity index (χ4v) is 2.45. The van der Waals surface area contributed by atoms with Crippen LogP contribution in [0.5, 0.6) is 5.75 Å². The molecule has 0 aliphatic rings. The normalized spacial score (nSPS) is 10.1. The average molecular weight is 360 g/mol. The van der Waals surface area contributed by atoms with Crippen LogP contribution >= 0.6 is 0 Å². The van der Waals surface area contributed by atoms with Gasteiger partial charge in [0, 0.05) is 22.6 Å². The Morgan fingerprint density at radius 1 is 0.778 bits per heavy atom. The van der Waals surface area contributed by atoms with Gasteiger partial charge in [0.1, 0.15) is 5.75 Å². The smallest absolute Gasteiger partial charge is 0.262 e. The van der Waals surface area contributed by atoms with Gasteiger partial charge in [-0.2, -0.15) is 0 Å². The molecule has 0 aliphatic carbocycles.